The number of amides is 1. The molecule has 5 heteroatoms. The molecule has 1 saturated heterocycles. The van der Waals surface area contributed by atoms with Crippen LogP contribution in [0.2, 0.25) is 0 Å². The van der Waals surface area contributed by atoms with Crippen LogP contribution in [0.4, 0.5) is 0 Å². The highest BCUT2D eigenvalue weighted by molar-refractivity contribution is 7.99. The average molecular weight is 274 g/mol. The van der Waals surface area contributed by atoms with Gasteiger partial charge in [-0.1, -0.05) is 13.3 Å². The highest BCUT2D eigenvalue weighted by Gasteiger charge is 2.39. The molecule has 0 aromatic rings. The van der Waals surface area contributed by atoms with Gasteiger partial charge in [0.25, 0.3) is 0 Å². The number of carbonyl (C=O) groups is 1. The second kappa shape index (κ2) is 8.77. The molecule has 1 heterocycles. The van der Waals surface area contributed by atoms with Crippen LogP contribution < -0.4 is 10.6 Å². The lowest BCUT2D eigenvalue weighted by atomic mass is 9.81. The van der Waals surface area contributed by atoms with Crippen LogP contribution in [0.5, 0.6) is 0 Å². The fourth-order valence-electron chi connectivity index (χ4n) is 2.44. The first-order valence-electron chi connectivity index (χ1n) is 6.93. The molecular weight excluding hydrogens is 248 g/mol. The van der Waals surface area contributed by atoms with E-state index in [2.05, 4.69) is 17.6 Å². The van der Waals surface area contributed by atoms with Gasteiger partial charge in [-0.15, -0.1) is 0 Å². The zero-order valence-electron chi connectivity index (χ0n) is 11.3. The summed E-state index contributed by atoms with van der Waals surface area (Å²) in [6.07, 6.45) is 3.83. The first-order chi connectivity index (χ1) is 8.75. The van der Waals surface area contributed by atoms with Crippen molar-refractivity contribution in [1.29, 1.82) is 0 Å². The predicted octanol–water partition coefficient (Wildman–Crippen LogP) is 0.998. The summed E-state index contributed by atoms with van der Waals surface area (Å²) >= 11 is 1.78. The molecule has 18 heavy (non-hydrogen) atoms. The number of thioether (sulfide) groups is 1. The lowest BCUT2D eigenvalue weighted by Crippen LogP contribution is -2.43. The topological polar surface area (TPSA) is 61.4 Å². The van der Waals surface area contributed by atoms with Crippen LogP contribution in [0, 0.1) is 5.41 Å². The maximum atomic E-state index is 12.2. The Morgan fingerprint density at radius 3 is 2.94 bits per heavy atom. The largest absolute Gasteiger partial charge is 0.396 e. The molecule has 1 amide bonds. The summed E-state index contributed by atoms with van der Waals surface area (Å²) in [5, 5.41) is 15.0. The van der Waals surface area contributed by atoms with Gasteiger partial charge in [0, 0.05) is 25.4 Å². The van der Waals surface area contributed by atoms with Crippen molar-refractivity contribution in [1.82, 2.24) is 10.6 Å². The Labute approximate surface area is 114 Å². The van der Waals surface area contributed by atoms with Crippen LogP contribution in [-0.4, -0.2) is 48.8 Å². The standard InChI is InChI=1S/C13H26N2O2S/c1-2-4-13(5-6-14-11-13)12(17)15-7-10-18-9-3-8-16/h14,16H,2-11H2,1H3,(H,15,17). The zero-order valence-corrected chi connectivity index (χ0v) is 12.2. The van der Waals surface area contributed by atoms with E-state index in [0.717, 1.165) is 56.8 Å². The van der Waals surface area contributed by atoms with Gasteiger partial charge < -0.3 is 15.7 Å². The van der Waals surface area contributed by atoms with Gasteiger partial charge in [-0.25, -0.2) is 0 Å². The number of nitrogens with one attached hydrogen (secondary N) is 2. The third-order valence-corrected chi connectivity index (χ3v) is 4.50. The van der Waals surface area contributed by atoms with Crippen LogP contribution >= 0.6 is 11.8 Å². The normalized spacial score (nSPS) is 23.2. The minimum atomic E-state index is -0.162. The predicted molar refractivity (Wildman–Crippen MR) is 76.9 cm³/mol. The molecule has 0 spiro atoms. The third-order valence-electron chi connectivity index (χ3n) is 3.43. The summed E-state index contributed by atoms with van der Waals surface area (Å²) in [5.41, 5.74) is -0.162. The molecule has 0 radical (unpaired) electrons. The van der Waals surface area contributed by atoms with Crippen molar-refractivity contribution in [2.24, 2.45) is 5.41 Å². The number of aliphatic hydroxyl groups is 1. The second-order valence-electron chi connectivity index (χ2n) is 4.90. The van der Waals surface area contributed by atoms with E-state index in [1.54, 1.807) is 11.8 Å². The molecule has 3 N–H and O–H groups in total. The van der Waals surface area contributed by atoms with Gasteiger partial charge in [-0.3, -0.25) is 4.79 Å². The lowest BCUT2D eigenvalue weighted by Gasteiger charge is -2.26. The van der Waals surface area contributed by atoms with Gasteiger partial charge in [-0.2, -0.15) is 11.8 Å². The molecule has 0 aromatic carbocycles. The summed E-state index contributed by atoms with van der Waals surface area (Å²) < 4.78 is 0. The molecule has 0 saturated carbocycles. The van der Waals surface area contributed by atoms with Crippen molar-refractivity contribution in [3.8, 4) is 0 Å². The van der Waals surface area contributed by atoms with Gasteiger partial charge in [0.15, 0.2) is 0 Å². The molecule has 1 unspecified atom stereocenters. The van der Waals surface area contributed by atoms with Crippen LogP contribution in [-0.2, 0) is 4.79 Å². The zero-order chi connectivity index (χ0) is 13.3. The highest BCUT2D eigenvalue weighted by atomic mass is 32.2. The van der Waals surface area contributed by atoms with Crippen LogP contribution in [0.3, 0.4) is 0 Å². The summed E-state index contributed by atoms with van der Waals surface area (Å²) in [5.74, 6) is 2.12. The van der Waals surface area contributed by atoms with Crippen molar-refractivity contribution >= 4 is 17.7 Å². The molecule has 1 fully saturated rings. The third kappa shape index (κ3) is 4.78. The van der Waals surface area contributed by atoms with Crippen LogP contribution in [0.15, 0.2) is 0 Å². The molecule has 1 aliphatic rings. The highest BCUT2D eigenvalue weighted by Crippen LogP contribution is 2.31. The minimum Gasteiger partial charge on any atom is -0.396 e. The Morgan fingerprint density at radius 1 is 1.50 bits per heavy atom. The van der Waals surface area contributed by atoms with E-state index >= 15 is 0 Å². The monoisotopic (exact) mass is 274 g/mol. The van der Waals surface area contributed by atoms with E-state index in [-0.39, 0.29) is 17.9 Å². The Balaban J connectivity index is 2.21. The van der Waals surface area contributed by atoms with E-state index in [1.807, 2.05) is 0 Å². The smallest absolute Gasteiger partial charge is 0.227 e. The Bertz CT molecular complexity index is 243. The Kier molecular flexibility index (Phi) is 7.70. The van der Waals surface area contributed by atoms with E-state index in [4.69, 9.17) is 5.11 Å². The van der Waals surface area contributed by atoms with Crippen molar-refractivity contribution in [3.05, 3.63) is 0 Å². The van der Waals surface area contributed by atoms with Gasteiger partial charge in [-0.05, 0) is 31.6 Å². The van der Waals surface area contributed by atoms with Gasteiger partial charge in [0.1, 0.15) is 0 Å². The fourth-order valence-corrected chi connectivity index (χ4v) is 3.22. The van der Waals surface area contributed by atoms with E-state index in [1.165, 1.54) is 0 Å². The average Bonchev–Trinajstić information content (AvgIpc) is 2.83. The number of aliphatic hydroxyl groups excluding tert-OH is 1. The lowest BCUT2D eigenvalue weighted by molar-refractivity contribution is -0.130. The van der Waals surface area contributed by atoms with Gasteiger partial charge >= 0.3 is 0 Å². The van der Waals surface area contributed by atoms with Gasteiger partial charge in [0.2, 0.25) is 5.91 Å². The van der Waals surface area contributed by atoms with E-state index in [9.17, 15) is 4.79 Å². The molecule has 0 aliphatic carbocycles. The molecule has 0 bridgehead atoms. The SMILES string of the molecule is CCCC1(C(=O)NCCSCCCO)CCNC1. The first kappa shape index (κ1) is 15.8. The Morgan fingerprint density at radius 2 is 2.33 bits per heavy atom. The molecule has 1 aliphatic heterocycles. The van der Waals surface area contributed by atoms with Crippen molar-refractivity contribution in [2.45, 2.75) is 32.6 Å². The molecule has 4 nitrogen and oxygen atoms in total. The Hall–Kier alpha value is -0.260. The van der Waals surface area contributed by atoms with E-state index in [0.29, 0.717) is 0 Å². The van der Waals surface area contributed by atoms with Crippen molar-refractivity contribution in [2.75, 3.05) is 37.7 Å². The quantitative estimate of drug-likeness (QED) is 0.549. The van der Waals surface area contributed by atoms with Crippen molar-refractivity contribution < 1.29 is 9.90 Å². The van der Waals surface area contributed by atoms with Crippen LogP contribution in [0.25, 0.3) is 0 Å². The fraction of sp³-hybridized carbons (Fsp3) is 0.923. The summed E-state index contributed by atoms with van der Waals surface area (Å²) in [6, 6.07) is 0. The number of carbonyl (C=O) groups excluding carboxylic acids is 1. The summed E-state index contributed by atoms with van der Waals surface area (Å²) in [6.45, 7) is 4.91. The van der Waals surface area contributed by atoms with E-state index < -0.39 is 0 Å². The van der Waals surface area contributed by atoms with Crippen molar-refractivity contribution in [3.63, 3.8) is 0 Å². The minimum absolute atomic E-state index is 0.162. The first-order valence-corrected chi connectivity index (χ1v) is 8.08. The summed E-state index contributed by atoms with van der Waals surface area (Å²) in [7, 11) is 0. The molecule has 0 aromatic heterocycles. The molecular formula is C13H26N2O2S. The molecule has 1 rings (SSSR count). The van der Waals surface area contributed by atoms with Crippen LogP contribution in [0.1, 0.15) is 32.6 Å². The number of hydrogen-bond acceptors (Lipinski definition) is 4. The maximum Gasteiger partial charge on any atom is 0.227 e. The maximum absolute atomic E-state index is 12.2. The van der Waals surface area contributed by atoms with Gasteiger partial charge in [0.05, 0.1) is 5.41 Å². The summed E-state index contributed by atoms with van der Waals surface area (Å²) in [4.78, 5) is 12.2. The number of rotatable bonds is 9. The molecule has 1 atom stereocenters. The number of hydrogen-bond donors (Lipinski definition) is 3. The molecule has 106 valence electrons. The second-order valence-corrected chi connectivity index (χ2v) is 6.13.